The van der Waals surface area contributed by atoms with Crippen molar-refractivity contribution in [3.05, 3.63) is 72.3 Å². The quantitative estimate of drug-likeness (QED) is 0.505. The van der Waals surface area contributed by atoms with E-state index in [0.717, 1.165) is 4.31 Å². The highest BCUT2D eigenvalue weighted by Crippen LogP contribution is 2.31. The number of nitrogens with one attached hydrogen (secondary N) is 2. The van der Waals surface area contributed by atoms with Crippen molar-refractivity contribution in [2.45, 2.75) is 11.8 Å². The molecule has 0 saturated heterocycles. The predicted molar refractivity (Wildman–Crippen MR) is 130 cm³/mol. The standard InChI is InChI=1S/C24H25N3O6S/c1-16(28)25-18-6-5-7-19(14-18)26-24(29)17-8-10-20(11-9-17)27(2)34(30,31)21-12-13-22(32-3)23(15-21)33-4/h5-15H,1-4H3,(H,25,28)(H,26,29). The number of hydrogen-bond donors (Lipinski definition) is 2. The molecule has 0 fully saturated rings. The first-order valence-electron chi connectivity index (χ1n) is 10.2. The maximum atomic E-state index is 13.1. The molecule has 0 unspecified atom stereocenters. The smallest absolute Gasteiger partial charge is 0.264 e. The molecule has 0 bridgehead atoms. The summed E-state index contributed by atoms with van der Waals surface area (Å²) in [5.41, 5.74) is 1.78. The molecule has 2 N–H and O–H groups in total. The number of benzene rings is 3. The molecule has 9 nitrogen and oxygen atoms in total. The van der Waals surface area contributed by atoms with Gasteiger partial charge >= 0.3 is 0 Å². The summed E-state index contributed by atoms with van der Waals surface area (Å²) in [6.07, 6.45) is 0. The molecule has 34 heavy (non-hydrogen) atoms. The van der Waals surface area contributed by atoms with Gasteiger partial charge in [-0.1, -0.05) is 6.07 Å². The van der Waals surface area contributed by atoms with Crippen molar-refractivity contribution in [2.24, 2.45) is 0 Å². The lowest BCUT2D eigenvalue weighted by Crippen LogP contribution is -2.26. The highest BCUT2D eigenvalue weighted by Gasteiger charge is 2.23. The Morgan fingerprint density at radius 1 is 0.824 bits per heavy atom. The SMILES string of the molecule is COc1ccc(S(=O)(=O)N(C)c2ccc(C(=O)Nc3cccc(NC(C)=O)c3)cc2)cc1OC. The van der Waals surface area contributed by atoms with Crippen LogP contribution in [0.25, 0.3) is 0 Å². The summed E-state index contributed by atoms with van der Waals surface area (Å²) in [6, 6.07) is 17.2. The normalized spacial score (nSPS) is 10.8. The fourth-order valence-electron chi connectivity index (χ4n) is 3.18. The van der Waals surface area contributed by atoms with Crippen LogP contribution in [0.15, 0.2) is 71.6 Å². The van der Waals surface area contributed by atoms with E-state index in [9.17, 15) is 18.0 Å². The van der Waals surface area contributed by atoms with Crippen LogP contribution in [-0.2, 0) is 14.8 Å². The lowest BCUT2D eigenvalue weighted by molar-refractivity contribution is -0.114. The van der Waals surface area contributed by atoms with Crippen molar-refractivity contribution in [2.75, 3.05) is 36.2 Å². The van der Waals surface area contributed by atoms with Crippen LogP contribution in [0, 0.1) is 0 Å². The maximum Gasteiger partial charge on any atom is 0.264 e. The van der Waals surface area contributed by atoms with Gasteiger partial charge in [0.1, 0.15) is 0 Å². The molecule has 0 aliphatic heterocycles. The number of anilines is 3. The Morgan fingerprint density at radius 3 is 2.03 bits per heavy atom. The van der Waals surface area contributed by atoms with Gasteiger partial charge in [0.15, 0.2) is 11.5 Å². The van der Waals surface area contributed by atoms with Crippen molar-refractivity contribution >= 4 is 38.9 Å². The molecule has 0 atom stereocenters. The first-order valence-corrected chi connectivity index (χ1v) is 11.6. The van der Waals surface area contributed by atoms with Gasteiger partial charge in [0.25, 0.3) is 15.9 Å². The van der Waals surface area contributed by atoms with Crippen LogP contribution >= 0.6 is 0 Å². The molecule has 2 amide bonds. The lowest BCUT2D eigenvalue weighted by atomic mass is 10.2. The Morgan fingerprint density at radius 2 is 1.44 bits per heavy atom. The largest absolute Gasteiger partial charge is 0.493 e. The first-order chi connectivity index (χ1) is 16.1. The number of carbonyl (C=O) groups excluding carboxylic acids is 2. The molecule has 0 radical (unpaired) electrons. The average Bonchev–Trinajstić information content (AvgIpc) is 2.82. The molecule has 10 heteroatoms. The van der Waals surface area contributed by atoms with E-state index in [1.807, 2.05) is 0 Å². The number of carbonyl (C=O) groups is 2. The number of amides is 2. The number of methoxy groups -OCH3 is 2. The number of hydrogen-bond acceptors (Lipinski definition) is 6. The number of rotatable bonds is 8. The number of ether oxygens (including phenoxy) is 2. The van der Waals surface area contributed by atoms with Gasteiger partial charge in [-0.05, 0) is 54.6 Å². The van der Waals surface area contributed by atoms with E-state index in [1.54, 1.807) is 36.4 Å². The second kappa shape index (κ2) is 10.3. The zero-order valence-electron chi connectivity index (χ0n) is 19.2. The summed E-state index contributed by atoms with van der Waals surface area (Å²) in [5, 5.41) is 5.40. The summed E-state index contributed by atoms with van der Waals surface area (Å²) in [6.45, 7) is 1.40. The highest BCUT2D eigenvalue weighted by molar-refractivity contribution is 7.92. The second-order valence-corrected chi connectivity index (χ2v) is 9.22. The molecule has 0 saturated carbocycles. The minimum atomic E-state index is -3.88. The predicted octanol–water partition coefficient (Wildman–Crippen LogP) is 3.74. The highest BCUT2D eigenvalue weighted by atomic mass is 32.2. The third-order valence-corrected chi connectivity index (χ3v) is 6.73. The third kappa shape index (κ3) is 5.46. The molecule has 0 aliphatic rings. The van der Waals surface area contributed by atoms with Crippen LogP contribution in [0.3, 0.4) is 0 Å². The van der Waals surface area contributed by atoms with E-state index < -0.39 is 10.0 Å². The molecule has 3 aromatic carbocycles. The van der Waals surface area contributed by atoms with Crippen molar-refractivity contribution < 1.29 is 27.5 Å². The first kappa shape index (κ1) is 24.6. The summed E-state index contributed by atoms with van der Waals surface area (Å²) in [4.78, 5) is 23.9. The van der Waals surface area contributed by atoms with Gasteiger partial charge < -0.3 is 20.1 Å². The average molecular weight is 484 g/mol. The molecule has 0 spiro atoms. The Labute approximate surface area is 198 Å². The topological polar surface area (TPSA) is 114 Å². The Hall–Kier alpha value is -4.05. The molecule has 0 aliphatic carbocycles. The Bertz CT molecular complexity index is 1310. The zero-order valence-corrected chi connectivity index (χ0v) is 20.0. The van der Waals surface area contributed by atoms with Gasteiger partial charge in [-0.3, -0.25) is 13.9 Å². The third-order valence-electron chi connectivity index (χ3n) is 4.95. The lowest BCUT2D eigenvalue weighted by Gasteiger charge is -2.20. The van der Waals surface area contributed by atoms with E-state index in [2.05, 4.69) is 10.6 Å². The molecular weight excluding hydrogens is 458 g/mol. The van der Waals surface area contributed by atoms with Crippen molar-refractivity contribution in [3.8, 4) is 11.5 Å². The second-order valence-electron chi connectivity index (χ2n) is 7.25. The summed E-state index contributed by atoms with van der Waals surface area (Å²) < 4.78 is 37.7. The maximum absolute atomic E-state index is 13.1. The Kier molecular flexibility index (Phi) is 7.42. The van der Waals surface area contributed by atoms with E-state index in [1.165, 1.54) is 58.5 Å². The van der Waals surface area contributed by atoms with Crippen LogP contribution in [-0.4, -0.2) is 41.5 Å². The van der Waals surface area contributed by atoms with E-state index in [4.69, 9.17) is 9.47 Å². The van der Waals surface area contributed by atoms with E-state index in [-0.39, 0.29) is 16.7 Å². The van der Waals surface area contributed by atoms with E-state index in [0.29, 0.717) is 34.1 Å². The van der Waals surface area contributed by atoms with Crippen LogP contribution in [0.5, 0.6) is 11.5 Å². The van der Waals surface area contributed by atoms with E-state index >= 15 is 0 Å². The van der Waals surface area contributed by atoms with Gasteiger partial charge in [0.2, 0.25) is 5.91 Å². The van der Waals surface area contributed by atoms with Crippen LogP contribution < -0.4 is 24.4 Å². The molecule has 0 heterocycles. The minimum absolute atomic E-state index is 0.0357. The Balaban J connectivity index is 1.77. The van der Waals surface area contributed by atoms with Crippen LogP contribution in [0.4, 0.5) is 17.1 Å². The molecule has 3 aromatic rings. The van der Waals surface area contributed by atoms with Gasteiger partial charge in [-0.25, -0.2) is 8.42 Å². The summed E-state index contributed by atoms with van der Waals surface area (Å²) in [7, 11) is 0.438. The molecular formula is C24H25N3O6S. The molecule has 0 aromatic heterocycles. The minimum Gasteiger partial charge on any atom is -0.493 e. The number of sulfonamides is 1. The number of nitrogens with zero attached hydrogens (tertiary/aromatic N) is 1. The van der Waals surface area contributed by atoms with Gasteiger partial charge in [-0.15, -0.1) is 0 Å². The fraction of sp³-hybridized carbons (Fsp3) is 0.167. The summed E-state index contributed by atoms with van der Waals surface area (Å²) >= 11 is 0. The molecule has 3 rings (SSSR count). The monoisotopic (exact) mass is 483 g/mol. The molecule has 178 valence electrons. The van der Waals surface area contributed by atoms with Crippen LogP contribution in [0.1, 0.15) is 17.3 Å². The van der Waals surface area contributed by atoms with Gasteiger partial charge in [0.05, 0.1) is 24.8 Å². The van der Waals surface area contributed by atoms with Gasteiger partial charge in [-0.2, -0.15) is 0 Å². The van der Waals surface area contributed by atoms with Crippen molar-refractivity contribution in [3.63, 3.8) is 0 Å². The van der Waals surface area contributed by atoms with Crippen molar-refractivity contribution in [1.82, 2.24) is 0 Å². The van der Waals surface area contributed by atoms with Crippen LogP contribution in [0.2, 0.25) is 0 Å². The zero-order chi connectivity index (χ0) is 24.9. The van der Waals surface area contributed by atoms with Gasteiger partial charge in [0, 0.05) is 37.0 Å². The fourth-order valence-corrected chi connectivity index (χ4v) is 4.39. The summed E-state index contributed by atoms with van der Waals surface area (Å²) in [5.74, 6) is 0.122. The van der Waals surface area contributed by atoms with Crippen molar-refractivity contribution in [1.29, 1.82) is 0 Å².